The van der Waals surface area contributed by atoms with E-state index in [0.717, 1.165) is 30.2 Å². The number of fused-ring (bicyclic) bond motifs is 1. The second kappa shape index (κ2) is 5.07. The molecule has 1 atom stereocenters. The van der Waals surface area contributed by atoms with E-state index in [1.165, 1.54) is 17.5 Å². The minimum absolute atomic E-state index is 0.386. The molecule has 0 aliphatic heterocycles. The number of hydrogen-bond acceptors (Lipinski definition) is 2. The van der Waals surface area contributed by atoms with Crippen LogP contribution in [0.3, 0.4) is 0 Å². The number of methoxy groups -OCH3 is 1. The fourth-order valence-electron chi connectivity index (χ4n) is 2.52. The van der Waals surface area contributed by atoms with Crippen LogP contribution in [0.25, 0.3) is 0 Å². The third-order valence-corrected chi connectivity index (χ3v) is 3.53. The standard InChI is InChI=1S/C13H18ClNO/c1-3-15-11-6-4-5-9-12(16-2)8-7-10(14)13(9)11/h7-8,11,15H,3-6H2,1-2H3. The summed E-state index contributed by atoms with van der Waals surface area (Å²) in [6.45, 7) is 3.10. The molecule has 0 saturated carbocycles. The number of ether oxygens (including phenoxy) is 1. The Bertz CT molecular complexity index is 378. The Morgan fingerprint density at radius 2 is 2.31 bits per heavy atom. The largest absolute Gasteiger partial charge is 0.496 e. The topological polar surface area (TPSA) is 21.3 Å². The molecule has 1 aliphatic carbocycles. The number of rotatable bonds is 3. The molecule has 0 saturated heterocycles. The molecule has 0 aromatic heterocycles. The van der Waals surface area contributed by atoms with Gasteiger partial charge in [-0.25, -0.2) is 0 Å². The van der Waals surface area contributed by atoms with Gasteiger partial charge in [-0.05, 0) is 43.5 Å². The molecule has 0 radical (unpaired) electrons. The number of nitrogens with one attached hydrogen (secondary N) is 1. The average Bonchev–Trinajstić information content (AvgIpc) is 2.30. The van der Waals surface area contributed by atoms with E-state index in [1.807, 2.05) is 12.1 Å². The van der Waals surface area contributed by atoms with Gasteiger partial charge < -0.3 is 10.1 Å². The van der Waals surface area contributed by atoms with Gasteiger partial charge in [-0.3, -0.25) is 0 Å². The molecule has 88 valence electrons. The summed E-state index contributed by atoms with van der Waals surface area (Å²) in [6.07, 6.45) is 3.43. The molecule has 0 fully saturated rings. The Kier molecular flexibility index (Phi) is 3.72. The average molecular weight is 240 g/mol. The summed E-state index contributed by atoms with van der Waals surface area (Å²) in [5.41, 5.74) is 2.53. The van der Waals surface area contributed by atoms with Crippen molar-refractivity contribution in [2.45, 2.75) is 32.2 Å². The summed E-state index contributed by atoms with van der Waals surface area (Å²) >= 11 is 6.31. The lowest BCUT2D eigenvalue weighted by atomic mass is 9.87. The molecule has 1 unspecified atom stereocenters. The molecule has 1 aromatic rings. The summed E-state index contributed by atoms with van der Waals surface area (Å²) in [5.74, 6) is 0.974. The van der Waals surface area contributed by atoms with Crippen LogP contribution in [0.4, 0.5) is 0 Å². The Labute approximate surface area is 102 Å². The zero-order valence-electron chi connectivity index (χ0n) is 9.85. The second-order valence-corrected chi connectivity index (χ2v) is 4.55. The van der Waals surface area contributed by atoms with Gasteiger partial charge >= 0.3 is 0 Å². The van der Waals surface area contributed by atoms with E-state index in [4.69, 9.17) is 16.3 Å². The molecule has 1 aromatic carbocycles. The second-order valence-electron chi connectivity index (χ2n) is 4.14. The quantitative estimate of drug-likeness (QED) is 0.874. The van der Waals surface area contributed by atoms with E-state index >= 15 is 0 Å². The molecule has 0 bridgehead atoms. The molecule has 0 amide bonds. The Balaban J connectivity index is 2.45. The normalized spacial score (nSPS) is 19.3. The predicted molar refractivity (Wildman–Crippen MR) is 67.4 cm³/mol. The molecule has 16 heavy (non-hydrogen) atoms. The molecular weight excluding hydrogens is 222 g/mol. The number of halogens is 1. The molecule has 3 heteroatoms. The lowest BCUT2D eigenvalue weighted by molar-refractivity contribution is 0.397. The van der Waals surface area contributed by atoms with E-state index in [1.54, 1.807) is 7.11 Å². The van der Waals surface area contributed by atoms with Crippen molar-refractivity contribution >= 4 is 11.6 Å². The fourth-order valence-corrected chi connectivity index (χ4v) is 2.83. The number of benzene rings is 1. The van der Waals surface area contributed by atoms with Crippen LogP contribution in [0.15, 0.2) is 12.1 Å². The van der Waals surface area contributed by atoms with Crippen molar-refractivity contribution in [3.8, 4) is 5.75 Å². The van der Waals surface area contributed by atoms with Crippen LogP contribution < -0.4 is 10.1 Å². The fraction of sp³-hybridized carbons (Fsp3) is 0.538. The van der Waals surface area contributed by atoms with Crippen molar-refractivity contribution in [2.24, 2.45) is 0 Å². The first-order valence-corrected chi connectivity index (χ1v) is 6.24. The van der Waals surface area contributed by atoms with Crippen molar-refractivity contribution in [1.29, 1.82) is 0 Å². The van der Waals surface area contributed by atoms with E-state index in [2.05, 4.69) is 12.2 Å². The molecule has 1 N–H and O–H groups in total. The maximum atomic E-state index is 6.31. The van der Waals surface area contributed by atoms with Crippen molar-refractivity contribution in [3.63, 3.8) is 0 Å². The van der Waals surface area contributed by atoms with Gasteiger partial charge in [0.05, 0.1) is 7.11 Å². The highest BCUT2D eigenvalue weighted by atomic mass is 35.5. The summed E-state index contributed by atoms with van der Waals surface area (Å²) in [6, 6.07) is 4.29. The smallest absolute Gasteiger partial charge is 0.122 e. The van der Waals surface area contributed by atoms with Crippen LogP contribution in [-0.4, -0.2) is 13.7 Å². The zero-order chi connectivity index (χ0) is 11.5. The Hall–Kier alpha value is -0.730. The first-order chi connectivity index (χ1) is 7.77. The Morgan fingerprint density at radius 1 is 1.50 bits per heavy atom. The minimum Gasteiger partial charge on any atom is -0.496 e. The SMILES string of the molecule is CCNC1CCCc2c(OC)ccc(Cl)c21. The van der Waals surface area contributed by atoms with Gasteiger partial charge in [0.15, 0.2) is 0 Å². The van der Waals surface area contributed by atoms with Crippen molar-refractivity contribution in [3.05, 3.63) is 28.3 Å². The van der Waals surface area contributed by atoms with E-state index in [-0.39, 0.29) is 0 Å². The van der Waals surface area contributed by atoms with Gasteiger partial charge in [-0.2, -0.15) is 0 Å². The van der Waals surface area contributed by atoms with Crippen LogP contribution >= 0.6 is 11.6 Å². The highest BCUT2D eigenvalue weighted by molar-refractivity contribution is 6.31. The Morgan fingerprint density at radius 3 is 3.00 bits per heavy atom. The van der Waals surface area contributed by atoms with Crippen LogP contribution in [0.5, 0.6) is 5.75 Å². The van der Waals surface area contributed by atoms with Crippen molar-refractivity contribution in [2.75, 3.05) is 13.7 Å². The van der Waals surface area contributed by atoms with Crippen molar-refractivity contribution < 1.29 is 4.74 Å². The minimum atomic E-state index is 0.386. The van der Waals surface area contributed by atoms with Gasteiger partial charge in [0, 0.05) is 16.6 Å². The van der Waals surface area contributed by atoms with Gasteiger partial charge in [0.25, 0.3) is 0 Å². The predicted octanol–water partition coefficient (Wildman–Crippen LogP) is 3.34. The lowest BCUT2D eigenvalue weighted by Crippen LogP contribution is -2.25. The summed E-state index contributed by atoms with van der Waals surface area (Å²) < 4.78 is 5.41. The molecule has 0 heterocycles. The number of hydrogen-bond donors (Lipinski definition) is 1. The third kappa shape index (κ3) is 2.04. The summed E-state index contributed by atoms with van der Waals surface area (Å²) in [7, 11) is 1.72. The molecule has 2 nitrogen and oxygen atoms in total. The van der Waals surface area contributed by atoms with Crippen molar-refractivity contribution in [1.82, 2.24) is 5.32 Å². The van der Waals surface area contributed by atoms with E-state index < -0.39 is 0 Å². The van der Waals surface area contributed by atoms with E-state index in [9.17, 15) is 0 Å². The molecule has 0 spiro atoms. The van der Waals surface area contributed by atoms with Gasteiger partial charge in [-0.1, -0.05) is 18.5 Å². The summed E-state index contributed by atoms with van der Waals surface area (Å²) in [5, 5.41) is 4.36. The van der Waals surface area contributed by atoms with Gasteiger partial charge in [0.2, 0.25) is 0 Å². The van der Waals surface area contributed by atoms with Crippen LogP contribution in [-0.2, 0) is 6.42 Å². The third-order valence-electron chi connectivity index (χ3n) is 3.20. The molecule has 2 rings (SSSR count). The highest BCUT2D eigenvalue weighted by Crippen LogP contribution is 2.39. The maximum Gasteiger partial charge on any atom is 0.122 e. The summed E-state index contributed by atoms with van der Waals surface area (Å²) in [4.78, 5) is 0. The monoisotopic (exact) mass is 239 g/mol. The van der Waals surface area contributed by atoms with Gasteiger partial charge in [0.1, 0.15) is 5.75 Å². The van der Waals surface area contributed by atoms with Crippen LogP contribution in [0, 0.1) is 0 Å². The van der Waals surface area contributed by atoms with Crippen LogP contribution in [0.2, 0.25) is 5.02 Å². The van der Waals surface area contributed by atoms with Crippen LogP contribution in [0.1, 0.15) is 36.9 Å². The maximum absolute atomic E-state index is 6.31. The first-order valence-electron chi connectivity index (χ1n) is 5.86. The van der Waals surface area contributed by atoms with E-state index in [0.29, 0.717) is 6.04 Å². The molecular formula is C13H18ClNO. The zero-order valence-corrected chi connectivity index (χ0v) is 10.6. The first kappa shape index (κ1) is 11.7. The molecule has 1 aliphatic rings. The van der Waals surface area contributed by atoms with Gasteiger partial charge in [-0.15, -0.1) is 0 Å². The highest BCUT2D eigenvalue weighted by Gasteiger charge is 2.24. The lowest BCUT2D eigenvalue weighted by Gasteiger charge is -2.28.